The maximum Gasteiger partial charge on any atom is 0.256 e. The van der Waals surface area contributed by atoms with Crippen LogP contribution in [0.5, 0.6) is 11.5 Å². The molecule has 134 valence electrons. The van der Waals surface area contributed by atoms with Gasteiger partial charge in [0.1, 0.15) is 23.1 Å². The maximum absolute atomic E-state index is 12.9. The van der Waals surface area contributed by atoms with Crippen molar-refractivity contribution in [2.24, 2.45) is 5.73 Å². The number of nitrogens with one attached hydrogen (secondary N) is 1. The summed E-state index contributed by atoms with van der Waals surface area (Å²) in [7, 11) is 0. The molecular formula is C21H17N3O3. The minimum absolute atomic E-state index is 0.0136. The summed E-state index contributed by atoms with van der Waals surface area (Å²) in [6, 6.07) is 16.7. The number of allylic oxidation sites excluding steroid dienone is 1. The smallest absolute Gasteiger partial charge is 0.256 e. The number of hydrogen-bond donors (Lipinski definition) is 2. The summed E-state index contributed by atoms with van der Waals surface area (Å²) in [4.78, 5) is 15.7. The number of hydrogen-bond acceptors (Lipinski definition) is 5. The molecule has 1 atom stereocenters. The van der Waals surface area contributed by atoms with Gasteiger partial charge in [-0.2, -0.15) is 5.26 Å². The minimum Gasteiger partial charge on any atom is -0.494 e. The van der Waals surface area contributed by atoms with Crippen molar-refractivity contribution >= 4 is 10.9 Å². The topological polar surface area (TPSA) is 101 Å². The fourth-order valence-corrected chi connectivity index (χ4v) is 3.43. The van der Waals surface area contributed by atoms with Gasteiger partial charge in [0.25, 0.3) is 5.56 Å². The minimum atomic E-state index is -0.609. The Morgan fingerprint density at radius 3 is 2.67 bits per heavy atom. The van der Waals surface area contributed by atoms with Gasteiger partial charge in [-0.15, -0.1) is 0 Å². The number of nitrogens with zero attached hydrogens (tertiary/aromatic N) is 1. The van der Waals surface area contributed by atoms with Gasteiger partial charge in [-0.3, -0.25) is 4.79 Å². The number of pyridine rings is 1. The third kappa shape index (κ3) is 2.70. The number of nitrogens with two attached hydrogens (primary N) is 1. The molecule has 0 spiro atoms. The lowest BCUT2D eigenvalue weighted by molar-refractivity contribution is 0.340. The molecule has 3 aromatic rings. The van der Waals surface area contributed by atoms with E-state index in [1.807, 2.05) is 49.4 Å². The molecule has 1 aliphatic heterocycles. The van der Waals surface area contributed by atoms with Crippen LogP contribution in [0.3, 0.4) is 0 Å². The number of ether oxygens (including phenoxy) is 2. The van der Waals surface area contributed by atoms with Crippen LogP contribution in [0.1, 0.15) is 24.0 Å². The lowest BCUT2D eigenvalue weighted by atomic mass is 9.83. The van der Waals surface area contributed by atoms with Crippen molar-refractivity contribution in [2.45, 2.75) is 12.8 Å². The Morgan fingerprint density at radius 2 is 1.96 bits per heavy atom. The van der Waals surface area contributed by atoms with Crippen molar-refractivity contribution in [1.82, 2.24) is 4.98 Å². The quantitative estimate of drug-likeness (QED) is 0.748. The van der Waals surface area contributed by atoms with Crippen LogP contribution in [0.4, 0.5) is 0 Å². The summed E-state index contributed by atoms with van der Waals surface area (Å²) in [6.45, 7) is 2.46. The molecule has 6 nitrogen and oxygen atoms in total. The van der Waals surface area contributed by atoms with Crippen LogP contribution in [0.25, 0.3) is 10.9 Å². The number of rotatable bonds is 3. The lowest BCUT2D eigenvalue weighted by Crippen LogP contribution is -2.27. The highest BCUT2D eigenvalue weighted by Gasteiger charge is 2.34. The van der Waals surface area contributed by atoms with Crippen LogP contribution in [0.15, 0.2) is 64.8 Å². The molecule has 0 amide bonds. The number of para-hydroxylation sites is 1. The molecule has 0 aliphatic carbocycles. The van der Waals surface area contributed by atoms with Gasteiger partial charge in [0, 0.05) is 5.39 Å². The monoisotopic (exact) mass is 359 g/mol. The standard InChI is InChI=1S/C21H17N3O3/c1-2-26-13-9-7-12(8-10-13)17-15(11-22)20(23)27-19-14-5-3-4-6-16(14)24-21(25)18(17)19/h3-10,17H,2,23H2,1H3,(H,24,25)/t17-/m0/s1. The molecule has 0 fully saturated rings. The molecule has 0 saturated carbocycles. The zero-order chi connectivity index (χ0) is 19.0. The first kappa shape index (κ1) is 16.7. The number of aromatic nitrogens is 1. The summed E-state index contributed by atoms with van der Waals surface area (Å²) < 4.78 is 11.2. The normalized spacial score (nSPS) is 15.8. The zero-order valence-electron chi connectivity index (χ0n) is 14.7. The molecular weight excluding hydrogens is 342 g/mol. The Bertz CT molecular complexity index is 1150. The molecule has 1 aromatic heterocycles. The first-order valence-electron chi connectivity index (χ1n) is 8.59. The molecule has 2 heterocycles. The molecule has 2 aromatic carbocycles. The van der Waals surface area contributed by atoms with Crippen molar-refractivity contribution in [3.05, 3.63) is 81.5 Å². The number of fused-ring (bicyclic) bond motifs is 3. The van der Waals surface area contributed by atoms with Crippen molar-refractivity contribution in [3.63, 3.8) is 0 Å². The van der Waals surface area contributed by atoms with E-state index in [9.17, 15) is 10.1 Å². The molecule has 1 aliphatic rings. The number of benzene rings is 2. The van der Waals surface area contributed by atoms with Crippen LogP contribution >= 0.6 is 0 Å². The van der Waals surface area contributed by atoms with Gasteiger partial charge in [-0.05, 0) is 36.8 Å². The van der Waals surface area contributed by atoms with Gasteiger partial charge in [-0.1, -0.05) is 24.3 Å². The summed E-state index contributed by atoms with van der Waals surface area (Å²) in [6.07, 6.45) is 0. The second-order valence-electron chi connectivity index (χ2n) is 6.17. The lowest BCUT2D eigenvalue weighted by Gasteiger charge is -2.26. The van der Waals surface area contributed by atoms with Gasteiger partial charge in [0.05, 0.1) is 23.6 Å². The van der Waals surface area contributed by atoms with E-state index in [4.69, 9.17) is 15.2 Å². The number of nitriles is 1. The fourth-order valence-electron chi connectivity index (χ4n) is 3.43. The third-order valence-corrected chi connectivity index (χ3v) is 4.61. The largest absolute Gasteiger partial charge is 0.494 e. The summed E-state index contributed by atoms with van der Waals surface area (Å²) >= 11 is 0. The van der Waals surface area contributed by atoms with Gasteiger partial charge in [-0.25, -0.2) is 0 Å². The Kier molecular flexibility index (Phi) is 4.05. The Morgan fingerprint density at radius 1 is 1.22 bits per heavy atom. The average molecular weight is 359 g/mol. The SMILES string of the molecule is CCOc1ccc([C@H]2C(C#N)=C(N)Oc3c2c(=O)[nH]c2ccccc32)cc1. The summed E-state index contributed by atoms with van der Waals surface area (Å²) in [5.74, 6) is 0.517. The molecule has 0 saturated heterocycles. The Balaban J connectivity index is 1.97. The average Bonchev–Trinajstić information content (AvgIpc) is 2.68. The number of aromatic amines is 1. The molecule has 0 unspecified atom stereocenters. The highest BCUT2D eigenvalue weighted by molar-refractivity contribution is 5.87. The molecule has 4 rings (SSSR count). The zero-order valence-corrected chi connectivity index (χ0v) is 14.7. The van der Waals surface area contributed by atoms with E-state index in [1.165, 1.54) is 0 Å². The van der Waals surface area contributed by atoms with Crippen LogP contribution < -0.4 is 20.8 Å². The van der Waals surface area contributed by atoms with Gasteiger partial charge < -0.3 is 20.2 Å². The highest BCUT2D eigenvalue weighted by atomic mass is 16.5. The summed E-state index contributed by atoms with van der Waals surface area (Å²) in [5, 5.41) is 10.4. The summed E-state index contributed by atoms with van der Waals surface area (Å²) in [5.41, 5.74) is 7.76. The predicted octanol–water partition coefficient (Wildman–Crippen LogP) is 3.14. The van der Waals surface area contributed by atoms with Crippen molar-refractivity contribution in [1.29, 1.82) is 5.26 Å². The van der Waals surface area contributed by atoms with Crippen LogP contribution in [0, 0.1) is 11.3 Å². The Hall–Kier alpha value is -3.72. The van der Waals surface area contributed by atoms with Crippen molar-refractivity contribution in [2.75, 3.05) is 6.61 Å². The second-order valence-corrected chi connectivity index (χ2v) is 6.17. The van der Waals surface area contributed by atoms with Crippen molar-refractivity contribution < 1.29 is 9.47 Å². The van der Waals surface area contributed by atoms with Gasteiger partial charge in [0.15, 0.2) is 0 Å². The second kappa shape index (κ2) is 6.54. The van der Waals surface area contributed by atoms with E-state index < -0.39 is 5.92 Å². The molecule has 3 N–H and O–H groups in total. The first-order chi connectivity index (χ1) is 13.1. The Labute approximate surface area is 155 Å². The van der Waals surface area contributed by atoms with Crippen LogP contribution in [0.2, 0.25) is 0 Å². The van der Waals surface area contributed by atoms with Crippen LogP contribution in [-0.2, 0) is 0 Å². The van der Waals surface area contributed by atoms with E-state index in [2.05, 4.69) is 11.1 Å². The predicted molar refractivity (Wildman–Crippen MR) is 101 cm³/mol. The molecule has 6 heteroatoms. The number of H-pyrrole nitrogens is 1. The third-order valence-electron chi connectivity index (χ3n) is 4.61. The van der Waals surface area contributed by atoms with Crippen LogP contribution in [-0.4, -0.2) is 11.6 Å². The highest BCUT2D eigenvalue weighted by Crippen LogP contribution is 2.43. The fraction of sp³-hybridized carbons (Fsp3) is 0.143. The van der Waals surface area contributed by atoms with E-state index in [0.29, 0.717) is 23.4 Å². The van der Waals surface area contributed by atoms with E-state index in [-0.39, 0.29) is 17.0 Å². The van der Waals surface area contributed by atoms with Gasteiger partial charge in [0.2, 0.25) is 5.88 Å². The van der Waals surface area contributed by atoms with E-state index >= 15 is 0 Å². The van der Waals surface area contributed by atoms with E-state index in [0.717, 1.165) is 16.7 Å². The van der Waals surface area contributed by atoms with Gasteiger partial charge >= 0.3 is 0 Å². The van der Waals surface area contributed by atoms with Crippen molar-refractivity contribution in [3.8, 4) is 17.6 Å². The van der Waals surface area contributed by atoms with E-state index in [1.54, 1.807) is 6.07 Å². The first-order valence-corrected chi connectivity index (χ1v) is 8.59. The maximum atomic E-state index is 12.9. The molecule has 0 radical (unpaired) electrons. The molecule has 0 bridgehead atoms. The molecule has 27 heavy (non-hydrogen) atoms.